The summed E-state index contributed by atoms with van der Waals surface area (Å²) >= 11 is 1.69. The van der Waals surface area contributed by atoms with Crippen molar-refractivity contribution in [3.05, 3.63) is 22.4 Å². The normalized spacial score (nSPS) is 19.4. The Kier molecular flexibility index (Phi) is 5.66. The summed E-state index contributed by atoms with van der Waals surface area (Å²) in [6, 6.07) is 2.14. The van der Waals surface area contributed by atoms with E-state index in [9.17, 15) is 4.79 Å². The predicted molar refractivity (Wildman–Crippen MR) is 77.6 cm³/mol. The molecule has 2 heterocycles. The number of carbonyl (C=O) groups excluding carboxylic acids is 1. The second-order valence-corrected chi connectivity index (χ2v) is 5.62. The topological polar surface area (TPSA) is 41.6 Å². The fraction of sp³-hybridized carbons (Fsp3) is 0.643. The highest BCUT2D eigenvalue weighted by atomic mass is 32.1. The molecule has 1 aliphatic rings. The first-order chi connectivity index (χ1) is 9.29. The fourth-order valence-electron chi connectivity index (χ4n) is 2.26. The van der Waals surface area contributed by atoms with Crippen LogP contribution in [0.25, 0.3) is 0 Å². The number of nitrogens with one attached hydrogen (secondary N) is 1. The van der Waals surface area contributed by atoms with Gasteiger partial charge in [0.15, 0.2) is 0 Å². The SMILES string of the molecule is CCC[C@@H]1CN(C(=O)NCCc2ccsc2)CCO1. The molecular weight excluding hydrogens is 260 g/mol. The number of hydrogen-bond donors (Lipinski definition) is 1. The van der Waals surface area contributed by atoms with Gasteiger partial charge in [-0.1, -0.05) is 13.3 Å². The van der Waals surface area contributed by atoms with Crippen LogP contribution in [0.2, 0.25) is 0 Å². The standard InChI is InChI=1S/C14H22N2O2S/c1-2-3-13-10-16(7-8-18-13)14(17)15-6-4-12-5-9-19-11-12/h5,9,11,13H,2-4,6-8,10H2,1H3,(H,15,17)/t13-/m1/s1. The third kappa shape index (κ3) is 4.51. The minimum atomic E-state index is 0.0413. The van der Waals surface area contributed by atoms with Gasteiger partial charge >= 0.3 is 6.03 Å². The van der Waals surface area contributed by atoms with Crippen molar-refractivity contribution >= 4 is 17.4 Å². The molecule has 1 atom stereocenters. The molecule has 106 valence electrons. The quantitative estimate of drug-likeness (QED) is 0.901. The van der Waals surface area contributed by atoms with E-state index in [2.05, 4.69) is 29.1 Å². The lowest BCUT2D eigenvalue weighted by Gasteiger charge is -2.32. The molecule has 1 aliphatic heterocycles. The van der Waals surface area contributed by atoms with E-state index in [-0.39, 0.29) is 12.1 Å². The van der Waals surface area contributed by atoms with Gasteiger partial charge in [0.25, 0.3) is 0 Å². The number of nitrogens with zero attached hydrogens (tertiary/aromatic N) is 1. The number of ether oxygens (including phenoxy) is 1. The Hall–Kier alpha value is -1.07. The van der Waals surface area contributed by atoms with Crippen LogP contribution in [0.3, 0.4) is 0 Å². The van der Waals surface area contributed by atoms with Gasteiger partial charge in [0.1, 0.15) is 0 Å². The van der Waals surface area contributed by atoms with Crippen LogP contribution < -0.4 is 5.32 Å². The molecule has 4 nitrogen and oxygen atoms in total. The minimum Gasteiger partial charge on any atom is -0.375 e. The first kappa shape index (κ1) is 14.3. The maximum Gasteiger partial charge on any atom is 0.317 e. The third-order valence-corrected chi connectivity index (χ3v) is 4.04. The van der Waals surface area contributed by atoms with Gasteiger partial charge in [0.2, 0.25) is 0 Å². The number of amides is 2. The Morgan fingerprint density at radius 3 is 3.26 bits per heavy atom. The van der Waals surface area contributed by atoms with E-state index in [0.717, 1.165) is 25.8 Å². The summed E-state index contributed by atoms with van der Waals surface area (Å²) in [5, 5.41) is 7.18. The van der Waals surface area contributed by atoms with E-state index in [1.54, 1.807) is 11.3 Å². The minimum absolute atomic E-state index is 0.0413. The molecule has 0 radical (unpaired) electrons. The summed E-state index contributed by atoms with van der Waals surface area (Å²) in [4.78, 5) is 13.9. The van der Waals surface area contributed by atoms with E-state index >= 15 is 0 Å². The average molecular weight is 282 g/mol. The van der Waals surface area contributed by atoms with E-state index in [1.165, 1.54) is 5.56 Å². The molecule has 5 heteroatoms. The third-order valence-electron chi connectivity index (χ3n) is 3.31. The van der Waals surface area contributed by atoms with Crippen LogP contribution in [0.1, 0.15) is 25.3 Å². The molecule has 0 bridgehead atoms. The zero-order chi connectivity index (χ0) is 13.5. The molecule has 1 aromatic heterocycles. The molecule has 2 amide bonds. The number of rotatable bonds is 5. The first-order valence-electron chi connectivity index (χ1n) is 6.95. The van der Waals surface area contributed by atoms with Crippen LogP contribution in [-0.2, 0) is 11.2 Å². The van der Waals surface area contributed by atoms with Gasteiger partial charge in [0, 0.05) is 19.6 Å². The molecular formula is C14H22N2O2S. The lowest BCUT2D eigenvalue weighted by Crippen LogP contribution is -2.49. The van der Waals surface area contributed by atoms with Crippen molar-refractivity contribution in [1.29, 1.82) is 0 Å². The summed E-state index contributed by atoms with van der Waals surface area (Å²) in [6.07, 6.45) is 3.23. The molecule has 0 aromatic carbocycles. The maximum absolute atomic E-state index is 12.0. The van der Waals surface area contributed by atoms with Crippen molar-refractivity contribution in [2.75, 3.05) is 26.2 Å². The lowest BCUT2D eigenvalue weighted by molar-refractivity contribution is -0.0180. The second-order valence-electron chi connectivity index (χ2n) is 4.84. The summed E-state index contributed by atoms with van der Waals surface area (Å²) in [5.74, 6) is 0. The van der Waals surface area contributed by atoms with Crippen molar-refractivity contribution in [1.82, 2.24) is 10.2 Å². The molecule has 0 saturated carbocycles. The van der Waals surface area contributed by atoms with Gasteiger partial charge < -0.3 is 15.0 Å². The van der Waals surface area contributed by atoms with Crippen molar-refractivity contribution in [2.45, 2.75) is 32.3 Å². The van der Waals surface area contributed by atoms with Crippen LogP contribution in [-0.4, -0.2) is 43.3 Å². The Balaban J connectivity index is 1.70. The highest BCUT2D eigenvalue weighted by Crippen LogP contribution is 2.10. The fourth-order valence-corrected chi connectivity index (χ4v) is 2.96. The zero-order valence-corrected chi connectivity index (χ0v) is 12.2. The number of hydrogen-bond acceptors (Lipinski definition) is 3. The van der Waals surface area contributed by atoms with Gasteiger partial charge in [-0.15, -0.1) is 0 Å². The van der Waals surface area contributed by atoms with E-state index in [0.29, 0.717) is 19.7 Å². The number of morpholine rings is 1. The monoisotopic (exact) mass is 282 g/mol. The summed E-state index contributed by atoms with van der Waals surface area (Å²) in [5.41, 5.74) is 1.29. The zero-order valence-electron chi connectivity index (χ0n) is 11.4. The van der Waals surface area contributed by atoms with Crippen molar-refractivity contribution in [3.8, 4) is 0 Å². The molecule has 1 saturated heterocycles. The Labute approximate surface area is 118 Å². The van der Waals surface area contributed by atoms with Crippen LogP contribution in [0, 0.1) is 0 Å². The van der Waals surface area contributed by atoms with Crippen molar-refractivity contribution in [3.63, 3.8) is 0 Å². The number of carbonyl (C=O) groups is 1. The summed E-state index contributed by atoms with van der Waals surface area (Å²) < 4.78 is 5.64. The molecule has 1 fully saturated rings. The van der Waals surface area contributed by atoms with Gasteiger partial charge in [-0.25, -0.2) is 4.79 Å². The number of thiophene rings is 1. The Bertz CT molecular complexity index is 379. The van der Waals surface area contributed by atoms with Gasteiger partial charge in [-0.2, -0.15) is 11.3 Å². The van der Waals surface area contributed by atoms with Crippen LogP contribution in [0.5, 0.6) is 0 Å². The smallest absolute Gasteiger partial charge is 0.317 e. The van der Waals surface area contributed by atoms with Gasteiger partial charge in [-0.3, -0.25) is 0 Å². The summed E-state index contributed by atoms with van der Waals surface area (Å²) in [6.45, 7) is 4.92. The Morgan fingerprint density at radius 2 is 2.53 bits per heavy atom. The molecule has 2 rings (SSSR count). The molecule has 0 aliphatic carbocycles. The first-order valence-corrected chi connectivity index (χ1v) is 7.89. The molecule has 1 N–H and O–H groups in total. The van der Waals surface area contributed by atoms with Crippen LogP contribution in [0.15, 0.2) is 16.8 Å². The van der Waals surface area contributed by atoms with Gasteiger partial charge in [-0.05, 0) is 35.2 Å². The number of urea groups is 1. The summed E-state index contributed by atoms with van der Waals surface area (Å²) in [7, 11) is 0. The average Bonchev–Trinajstić information content (AvgIpc) is 2.92. The van der Waals surface area contributed by atoms with Crippen LogP contribution >= 0.6 is 11.3 Å². The molecule has 0 unspecified atom stereocenters. The van der Waals surface area contributed by atoms with E-state index < -0.39 is 0 Å². The highest BCUT2D eigenvalue weighted by molar-refractivity contribution is 7.07. The van der Waals surface area contributed by atoms with E-state index in [1.807, 2.05) is 4.90 Å². The lowest BCUT2D eigenvalue weighted by atomic mass is 10.2. The highest BCUT2D eigenvalue weighted by Gasteiger charge is 2.23. The molecule has 1 aromatic rings. The second kappa shape index (κ2) is 7.50. The Morgan fingerprint density at radius 1 is 1.63 bits per heavy atom. The molecule has 0 spiro atoms. The van der Waals surface area contributed by atoms with E-state index in [4.69, 9.17) is 4.74 Å². The van der Waals surface area contributed by atoms with Crippen molar-refractivity contribution < 1.29 is 9.53 Å². The molecule has 19 heavy (non-hydrogen) atoms. The van der Waals surface area contributed by atoms with Crippen molar-refractivity contribution in [2.24, 2.45) is 0 Å². The largest absolute Gasteiger partial charge is 0.375 e. The van der Waals surface area contributed by atoms with Gasteiger partial charge in [0.05, 0.1) is 12.7 Å². The maximum atomic E-state index is 12.0. The van der Waals surface area contributed by atoms with Crippen LogP contribution in [0.4, 0.5) is 4.79 Å². The predicted octanol–water partition coefficient (Wildman–Crippen LogP) is 2.50.